The average Bonchev–Trinajstić information content (AvgIpc) is 2.54. The number of nitrogens with one attached hydrogen (secondary N) is 1. The van der Waals surface area contributed by atoms with Gasteiger partial charge in [0.05, 0.1) is 13.2 Å². The summed E-state index contributed by atoms with van der Waals surface area (Å²) < 4.78 is 33.8. The quantitative estimate of drug-likeness (QED) is 0.869. The third-order valence-electron chi connectivity index (χ3n) is 3.89. The van der Waals surface area contributed by atoms with Crippen LogP contribution in [0.15, 0.2) is 24.3 Å². The molecule has 1 N–H and O–H groups in total. The van der Waals surface area contributed by atoms with E-state index in [4.69, 9.17) is 4.74 Å². The van der Waals surface area contributed by atoms with Crippen LogP contribution in [0.5, 0.6) is 5.75 Å². The van der Waals surface area contributed by atoms with Crippen LogP contribution in [0.2, 0.25) is 0 Å². The lowest BCUT2D eigenvalue weighted by atomic mass is 10.0. The molecule has 1 aliphatic heterocycles. The monoisotopic (exact) mass is 328 g/mol. The van der Waals surface area contributed by atoms with Crippen LogP contribution in [-0.2, 0) is 4.74 Å². The van der Waals surface area contributed by atoms with E-state index in [-0.39, 0.29) is 17.2 Å². The lowest BCUT2D eigenvalue weighted by molar-refractivity contribution is -0.0498. The topological polar surface area (TPSA) is 50.8 Å². The third kappa shape index (κ3) is 5.14. The maximum atomic E-state index is 12.2. The Kier molecular flexibility index (Phi) is 5.90. The Balaban J connectivity index is 1.88. The molecule has 0 aliphatic carbocycles. The minimum absolute atomic E-state index is 0.0326. The zero-order valence-corrected chi connectivity index (χ0v) is 13.4. The molecule has 1 fully saturated rings. The van der Waals surface area contributed by atoms with Crippen LogP contribution >= 0.6 is 0 Å². The van der Waals surface area contributed by atoms with Crippen LogP contribution in [0.4, 0.5) is 8.78 Å². The Morgan fingerprint density at radius 3 is 2.48 bits per heavy atom. The number of amides is 1. The molecule has 0 spiro atoms. The van der Waals surface area contributed by atoms with Gasteiger partial charge in [-0.1, -0.05) is 0 Å². The maximum Gasteiger partial charge on any atom is 0.387 e. The van der Waals surface area contributed by atoms with Crippen molar-refractivity contribution >= 4 is 5.91 Å². The highest BCUT2D eigenvalue weighted by Gasteiger charge is 2.28. The molecule has 1 aliphatic rings. The fourth-order valence-electron chi connectivity index (χ4n) is 2.47. The number of carbonyl (C=O) groups excluding carboxylic acids is 1. The summed E-state index contributed by atoms with van der Waals surface area (Å²) in [6, 6.07) is 5.64. The minimum atomic E-state index is -2.87. The lowest BCUT2D eigenvalue weighted by Gasteiger charge is -2.40. The van der Waals surface area contributed by atoms with Gasteiger partial charge in [-0.2, -0.15) is 8.78 Å². The van der Waals surface area contributed by atoms with Gasteiger partial charge >= 0.3 is 6.61 Å². The Morgan fingerprint density at radius 1 is 1.30 bits per heavy atom. The van der Waals surface area contributed by atoms with E-state index >= 15 is 0 Å². The summed E-state index contributed by atoms with van der Waals surface area (Å²) in [6.45, 7) is 4.82. The summed E-state index contributed by atoms with van der Waals surface area (Å²) in [5, 5.41) is 2.89. The number of rotatable bonds is 6. The zero-order valence-electron chi connectivity index (χ0n) is 13.4. The van der Waals surface area contributed by atoms with Crippen molar-refractivity contribution in [2.45, 2.75) is 26.0 Å². The fourth-order valence-corrected chi connectivity index (χ4v) is 2.47. The molecule has 2 rings (SSSR count). The molecular formula is C16H22F2N2O3. The van der Waals surface area contributed by atoms with E-state index in [1.54, 1.807) is 0 Å². The molecule has 0 unspecified atom stereocenters. The number of carbonyl (C=O) groups is 1. The third-order valence-corrected chi connectivity index (χ3v) is 3.89. The molecule has 23 heavy (non-hydrogen) atoms. The molecule has 1 heterocycles. The van der Waals surface area contributed by atoms with Gasteiger partial charge in [0.15, 0.2) is 0 Å². The van der Waals surface area contributed by atoms with Gasteiger partial charge in [-0.25, -0.2) is 0 Å². The summed E-state index contributed by atoms with van der Waals surface area (Å²) in [5.74, 6) is -0.208. The molecule has 0 bridgehead atoms. The van der Waals surface area contributed by atoms with Gasteiger partial charge in [0.1, 0.15) is 5.75 Å². The van der Waals surface area contributed by atoms with E-state index in [0.29, 0.717) is 25.3 Å². The Bertz CT molecular complexity index is 515. The van der Waals surface area contributed by atoms with Crippen molar-refractivity contribution in [3.05, 3.63) is 29.8 Å². The Hall–Kier alpha value is -1.73. The SMILES string of the molecule is CC(C)(CNC(=O)c1ccc(OC(F)F)cc1)N1CCOCC1. The number of hydrogen-bond donors (Lipinski definition) is 1. The second-order valence-corrected chi connectivity index (χ2v) is 6.00. The van der Waals surface area contributed by atoms with E-state index in [1.807, 2.05) is 0 Å². The van der Waals surface area contributed by atoms with Crippen LogP contribution < -0.4 is 10.1 Å². The number of hydrogen-bond acceptors (Lipinski definition) is 4. The number of ether oxygens (including phenoxy) is 2. The molecule has 1 aromatic rings. The summed E-state index contributed by atoms with van der Waals surface area (Å²) >= 11 is 0. The number of benzene rings is 1. The molecule has 0 aromatic heterocycles. The number of halogens is 2. The van der Waals surface area contributed by atoms with Crippen molar-refractivity contribution in [3.8, 4) is 5.75 Å². The van der Waals surface area contributed by atoms with Crippen LogP contribution in [0, 0.1) is 0 Å². The molecule has 1 aromatic carbocycles. The largest absolute Gasteiger partial charge is 0.435 e. The van der Waals surface area contributed by atoms with Crippen molar-refractivity contribution in [3.63, 3.8) is 0 Å². The smallest absolute Gasteiger partial charge is 0.387 e. The Morgan fingerprint density at radius 2 is 1.91 bits per heavy atom. The highest BCUT2D eigenvalue weighted by molar-refractivity contribution is 5.94. The molecule has 5 nitrogen and oxygen atoms in total. The zero-order chi connectivity index (χ0) is 16.9. The second-order valence-electron chi connectivity index (χ2n) is 6.00. The van der Waals surface area contributed by atoms with Crippen molar-refractivity contribution in [2.24, 2.45) is 0 Å². The van der Waals surface area contributed by atoms with Crippen molar-refractivity contribution < 1.29 is 23.0 Å². The first-order chi connectivity index (χ1) is 10.9. The van der Waals surface area contributed by atoms with Gasteiger partial charge in [0.2, 0.25) is 0 Å². The van der Waals surface area contributed by atoms with Crippen molar-refractivity contribution in [1.82, 2.24) is 10.2 Å². The first kappa shape index (κ1) is 17.6. The summed E-state index contributed by atoms with van der Waals surface area (Å²) in [5.41, 5.74) is 0.224. The molecule has 1 amide bonds. The highest BCUT2D eigenvalue weighted by Crippen LogP contribution is 2.17. The minimum Gasteiger partial charge on any atom is -0.435 e. The van der Waals surface area contributed by atoms with E-state index in [9.17, 15) is 13.6 Å². The van der Waals surface area contributed by atoms with Crippen LogP contribution in [-0.4, -0.2) is 55.8 Å². The van der Waals surface area contributed by atoms with Crippen molar-refractivity contribution in [1.29, 1.82) is 0 Å². The summed E-state index contributed by atoms with van der Waals surface area (Å²) in [7, 11) is 0. The van der Waals surface area contributed by atoms with Crippen LogP contribution in [0.1, 0.15) is 24.2 Å². The van der Waals surface area contributed by atoms with Gasteiger partial charge in [-0.15, -0.1) is 0 Å². The maximum absolute atomic E-state index is 12.2. The first-order valence-corrected chi connectivity index (χ1v) is 7.54. The van der Waals surface area contributed by atoms with Gasteiger partial charge in [-0.05, 0) is 38.1 Å². The second kappa shape index (κ2) is 7.70. The number of alkyl halides is 2. The molecule has 7 heteroatoms. The highest BCUT2D eigenvalue weighted by atomic mass is 19.3. The first-order valence-electron chi connectivity index (χ1n) is 7.54. The van der Waals surface area contributed by atoms with E-state index in [1.165, 1.54) is 24.3 Å². The molecule has 0 radical (unpaired) electrons. The van der Waals surface area contributed by atoms with Crippen LogP contribution in [0.3, 0.4) is 0 Å². The lowest BCUT2D eigenvalue weighted by Crippen LogP contribution is -2.55. The van der Waals surface area contributed by atoms with E-state index in [0.717, 1.165) is 13.1 Å². The number of nitrogens with zero attached hydrogens (tertiary/aromatic N) is 1. The molecule has 1 saturated heterocycles. The molecule has 0 atom stereocenters. The van der Waals surface area contributed by atoms with E-state index in [2.05, 4.69) is 28.8 Å². The van der Waals surface area contributed by atoms with Crippen LogP contribution in [0.25, 0.3) is 0 Å². The fraction of sp³-hybridized carbons (Fsp3) is 0.562. The molecule has 0 saturated carbocycles. The average molecular weight is 328 g/mol. The van der Waals surface area contributed by atoms with Gasteiger partial charge in [0, 0.05) is 30.7 Å². The van der Waals surface area contributed by atoms with E-state index < -0.39 is 6.61 Å². The predicted molar refractivity (Wildman–Crippen MR) is 81.9 cm³/mol. The normalized spacial score (nSPS) is 16.4. The number of morpholine rings is 1. The predicted octanol–water partition coefficient (Wildman–Crippen LogP) is 2.13. The van der Waals surface area contributed by atoms with Gasteiger partial charge < -0.3 is 14.8 Å². The van der Waals surface area contributed by atoms with Crippen molar-refractivity contribution in [2.75, 3.05) is 32.8 Å². The summed E-state index contributed by atoms with van der Waals surface area (Å²) in [6.07, 6.45) is 0. The molecular weight excluding hydrogens is 306 g/mol. The standard InChI is InChI=1S/C16H22F2N2O3/c1-16(2,20-7-9-22-10-8-20)11-19-14(21)12-3-5-13(6-4-12)23-15(17)18/h3-6,15H,7-11H2,1-2H3,(H,19,21). The van der Waals surface area contributed by atoms with Gasteiger partial charge in [-0.3, -0.25) is 9.69 Å². The Labute approximate surface area is 134 Å². The summed E-state index contributed by atoms with van der Waals surface area (Å²) in [4.78, 5) is 14.4. The van der Waals surface area contributed by atoms with Gasteiger partial charge in [0.25, 0.3) is 5.91 Å². The molecule has 128 valence electrons.